The number of hydrogen-bond acceptors (Lipinski definition) is 4. The van der Waals surface area contributed by atoms with Gasteiger partial charge in [0.2, 0.25) is 0 Å². The van der Waals surface area contributed by atoms with E-state index in [0.29, 0.717) is 12.1 Å². The summed E-state index contributed by atoms with van der Waals surface area (Å²) in [7, 11) is -1.82. The van der Waals surface area contributed by atoms with E-state index in [-0.39, 0.29) is 22.0 Å². The van der Waals surface area contributed by atoms with Crippen molar-refractivity contribution in [3.05, 3.63) is 18.0 Å². The van der Waals surface area contributed by atoms with Crippen LogP contribution in [-0.2, 0) is 11.0 Å². The van der Waals surface area contributed by atoms with Crippen LogP contribution in [-0.4, -0.2) is 34.4 Å². The average molecular weight is 568 g/mol. The van der Waals surface area contributed by atoms with Crippen molar-refractivity contribution in [3.8, 4) is 6.07 Å². The lowest BCUT2D eigenvalue weighted by Gasteiger charge is -2.59. The molecule has 5 rings (SSSR count). The molecule has 0 unspecified atom stereocenters. The summed E-state index contributed by atoms with van der Waals surface area (Å²) in [4.78, 5) is 0. The van der Waals surface area contributed by atoms with Gasteiger partial charge in [-0.05, 0) is 130 Å². The fourth-order valence-electron chi connectivity index (χ4n) is 10.4. The molecule has 0 aromatic carbocycles. The first-order valence-corrected chi connectivity index (χ1v) is 19.4. The molecule has 1 aromatic rings. The first kappa shape index (κ1) is 30.3. The van der Waals surface area contributed by atoms with Gasteiger partial charge < -0.3 is 9.53 Å². The molecular weight excluding hydrogens is 510 g/mol. The van der Waals surface area contributed by atoms with E-state index < -0.39 is 13.9 Å². The fourth-order valence-corrected chi connectivity index (χ4v) is 12.1. The molecule has 224 valence electrons. The van der Waals surface area contributed by atoms with Crippen LogP contribution in [0.15, 0.2) is 12.4 Å². The third kappa shape index (κ3) is 5.26. The standard InChI is InChI=1S/C34H57N3O2Si/c1-9-16-34(39-40(7,8)31(2,3)4)18-15-26-25(19-34)10-11-28-27(26)14-17-32(5)29(28)12-13-30(32)33(6,38)23-37-22-24(20-35)21-36-37/h21-22,25-30,38H,9-19,23H2,1-8H3/t25-,26+,27-,28-,29+,30+,32+,33+,34-/m1/s1. The molecule has 1 N–H and O–H groups in total. The van der Waals surface area contributed by atoms with Crippen LogP contribution in [0.4, 0.5) is 0 Å². The molecule has 0 spiro atoms. The smallest absolute Gasteiger partial charge is 0.192 e. The van der Waals surface area contributed by atoms with Gasteiger partial charge in [0.1, 0.15) is 6.07 Å². The summed E-state index contributed by atoms with van der Waals surface area (Å²) in [6.45, 7) is 19.4. The zero-order valence-electron chi connectivity index (χ0n) is 26.8. The van der Waals surface area contributed by atoms with Crippen LogP contribution in [0.1, 0.15) is 118 Å². The summed E-state index contributed by atoms with van der Waals surface area (Å²) in [6.07, 6.45) is 17.4. The number of nitriles is 1. The monoisotopic (exact) mass is 567 g/mol. The summed E-state index contributed by atoms with van der Waals surface area (Å²) in [5.41, 5.74) is 0.0326. The van der Waals surface area contributed by atoms with Gasteiger partial charge in [0.25, 0.3) is 0 Å². The maximum atomic E-state index is 11.8. The van der Waals surface area contributed by atoms with Crippen molar-refractivity contribution in [1.82, 2.24) is 9.78 Å². The zero-order valence-corrected chi connectivity index (χ0v) is 27.8. The van der Waals surface area contributed by atoms with Crippen LogP contribution in [0, 0.1) is 52.3 Å². The van der Waals surface area contributed by atoms with Crippen LogP contribution in [0.25, 0.3) is 0 Å². The third-order valence-corrected chi connectivity index (χ3v) is 17.6. The summed E-state index contributed by atoms with van der Waals surface area (Å²) in [6, 6.07) is 2.17. The van der Waals surface area contributed by atoms with E-state index in [1.807, 2.05) is 6.92 Å². The van der Waals surface area contributed by atoms with E-state index in [0.717, 1.165) is 36.0 Å². The number of aromatic nitrogens is 2. The van der Waals surface area contributed by atoms with Crippen molar-refractivity contribution in [3.63, 3.8) is 0 Å². The molecule has 4 aliphatic carbocycles. The predicted molar refractivity (Wildman–Crippen MR) is 164 cm³/mol. The summed E-state index contributed by atoms with van der Waals surface area (Å²) < 4.78 is 9.12. The molecule has 0 saturated heterocycles. The Morgan fingerprint density at radius 1 is 1.07 bits per heavy atom. The summed E-state index contributed by atoms with van der Waals surface area (Å²) >= 11 is 0. The number of fused-ring (bicyclic) bond motifs is 5. The predicted octanol–water partition coefficient (Wildman–Crippen LogP) is 8.34. The molecule has 5 nitrogen and oxygen atoms in total. The highest BCUT2D eigenvalue weighted by molar-refractivity contribution is 6.74. The Balaban J connectivity index is 1.30. The fraction of sp³-hybridized carbons (Fsp3) is 0.882. The molecule has 6 heteroatoms. The Bertz CT molecular complexity index is 1100. The van der Waals surface area contributed by atoms with Gasteiger partial charge in [0, 0.05) is 6.20 Å². The van der Waals surface area contributed by atoms with E-state index in [2.05, 4.69) is 58.9 Å². The lowest BCUT2D eigenvalue weighted by atomic mass is 9.48. The molecule has 1 aromatic heterocycles. The SMILES string of the molecule is CCC[C@@]1(O[Si](C)(C)C(C)(C)C)CC[C@H]2[C@H](CC[C@@H]3[C@@H]2CC[C@@]2(C)[C@H]3CC[C@@H]2[C@@](C)(O)Cn2cc(C#N)cn2)C1. The summed E-state index contributed by atoms with van der Waals surface area (Å²) in [5, 5.41) is 25.7. The van der Waals surface area contributed by atoms with Crippen molar-refractivity contribution in [2.75, 3.05) is 0 Å². The Kier molecular flexibility index (Phi) is 7.97. The van der Waals surface area contributed by atoms with Gasteiger partial charge in [0.15, 0.2) is 8.32 Å². The first-order chi connectivity index (χ1) is 18.6. The number of rotatable bonds is 7. The minimum absolute atomic E-state index is 0.101. The average Bonchev–Trinajstić information content (AvgIpc) is 3.46. The molecule has 40 heavy (non-hydrogen) atoms. The van der Waals surface area contributed by atoms with Crippen LogP contribution in [0.3, 0.4) is 0 Å². The van der Waals surface area contributed by atoms with Crippen LogP contribution in [0.5, 0.6) is 0 Å². The van der Waals surface area contributed by atoms with E-state index in [9.17, 15) is 10.4 Å². The van der Waals surface area contributed by atoms with E-state index in [4.69, 9.17) is 4.43 Å². The Morgan fingerprint density at radius 3 is 2.45 bits per heavy atom. The minimum atomic E-state index is -1.82. The third-order valence-electron chi connectivity index (χ3n) is 13.1. The van der Waals surface area contributed by atoms with E-state index >= 15 is 0 Å². The van der Waals surface area contributed by atoms with Gasteiger partial charge in [-0.15, -0.1) is 0 Å². The maximum absolute atomic E-state index is 11.8. The topological polar surface area (TPSA) is 71.1 Å². The second-order valence-corrected chi connectivity index (χ2v) is 21.3. The van der Waals surface area contributed by atoms with Crippen LogP contribution >= 0.6 is 0 Å². The van der Waals surface area contributed by atoms with Crippen molar-refractivity contribution >= 4 is 8.32 Å². The van der Waals surface area contributed by atoms with Gasteiger partial charge in [0.05, 0.1) is 29.5 Å². The Hall–Kier alpha value is -1.16. The molecule has 4 saturated carbocycles. The van der Waals surface area contributed by atoms with Crippen molar-refractivity contribution in [2.45, 2.75) is 148 Å². The lowest BCUT2D eigenvalue weighted by Crippen LogP contribution is -2.56. The normalized spacial score (nSPS) is 39.5. The zero-order chi connectivity index (χ0) is 29.1. The minimum Gasteiger partial charge on any atom is -0.411 e. The quantitative estimate of drug-likeness (QED) is 0.336. The highest BCUT2D eigenvalue weighted by Crippen LogP contribution is 2.66. The summed E-state index contributed by atoms with van der Waals surface area (Å²) in [5.74, 6) is 4.36. The van der Waals surface area contributed by atoms with Crippen molar-refractivity contribution < 1.29 is 9.53 Å². The number of nitrogens with zero attached hydrogens (tertiary/aromatic N) is 3. The molecule has 0 aliphatic heterocycles. The van der Waals surface area contributed by atoms with Crippen LogP contribution < -0.4 is 0 Å². The molecule has 0 bridgehead atoms. The van der Waals surface area contributed by atoms with Crippen LogP contribution in [0.2, 0.25) is 18.1 Å². The highest BCUT2D eigenvalue weighted by atomic mass is 28.4. The van der Waals surface area contributed by atoms with Gasteiger partial charge in [-0.25, -0.2) is 0 Å². The Morgan fingerprint density at radius 2 is 1.80 bits per heavy atom. The number of hydrogen-bond donors (Lipinski definition) is 1. The highest BCUT2D eigenvalue weighted by Gasteiger charge is 2.61. The molecule has 9 atom stereocenters. The van der Waals surface area contributed by atoms with E-state index in [1.165, 1.54) is 64.2 Å². The second kappa shape index (κ2) is 10.5. The van der Waals surface area contributed by atoms with Gasteiger partial charge in [-0.3, -0.25) is 4.68 Å². The molecule has 4 aliphatic rings. The molecular formula is C34H57N3O2Si. The van der Waals surface area contributed by atoms with Gasteiger partial charge in [-0.1, -0.05) is 41.0 Å². The van der Waals surface area contributed by atoms with Gasteiger partial charge in [-0.2, -0.15) is 10.4 Å². The molecule has 0 radical (unpaired) electrons. The van der Waals surface area contributed by atoms with Crippen molar-refractivity contribution in [1.29, 1.82) is 5.26 Å². The van der Waals surface area contributed by atoms with Gasteiger partial charge >= 0.3 is 0 Å². The second-order valence-electron chi connectivity index (χ2n) is 16.5. The number of aliphatic hydroxyl groups is 1. The first-order valence-electron chi connectivity index (χ1n) is 16.5. The van der Waals surface area contributed by atoms with E-state index in [1.54, 1.807) is 17.1 Å². The van der Waals surface area contributed by atoms with Crippen molar-refractivity contribution in [2.24, 2.45) is 40.9 Å². The largest absolute Gasteiger partial charge is 0.411 e. The molecule has 1 heterocycles. The maximum Gasteiger partial charge on any atom is 0.192 e. The Labute approximate surface area is 245 Å². The lowest BCUT2D eigenvalue weighted by molar-refractivity contribution is -0.127. The molecule has 4 fully saturated rings. The molecule has 0 amide bonds.